The minimum atomic E-state index is 0. The standard InChI is InChI=1S/CN.ClH.Cu.Li/c1-2;;;/h;1H;;/q-1;;2*+1/p-1. The molecule has 28 valence electrons. The Balaban J connectivity index is -0.0000000133. The number of halogens is 1. The van der Waals surface area contributed by atoms with E-state index in [9.17, 15) is 0 Å². The fraction of sp³-hybridized carbons (Fsp3) is 0. The molecule has 0 heterocycles. The van der Waals surface area contributed by atoms with Crippen LogP contribution in [0.4, 0.5) is 0 Å². The van der Waals surface area contributed by atoms with Gasteiger partial charge < -0.3 is 11.8 Å². The van der Waals surface area contributed by atoms with Crippen molar-refractivity contribution < 1.29 is 34.0 Å². The van der Waals surface area contributed by atoms with Gasteiger partial charge in [0, 0.05) is 0 Å². The third kappa shape index (κ3) is 51.1. The molecule has 5 heavy (non-hydrogen) atoms. The summed E-state index contributed by atoms with van der Waals surface area (Å²) in [6, 6.07) is 0. The molecule has 0 spiro atoms. The van der Waals surface area contributed by atoms with Gasteiger partial charge in [-0.15, -0.1) is 0 Å². The van der Waals surface area contributed by atoms with E-state index in [1.807, 2.05) is 0 Å². The van der Waals surface area contributed by atoms with Crippen LogP contribution < -0.4 is 18.9 Å². The number of rotatable bonds is 0. The first-order chi connectivity index (χ1) is 2.00. The first-order valence-electron chi connectivity index (χ1n) is 0.338. The molecule has 0 amide bonds. The van der Waals surface area contributed by atoms with Crippen molar-refractivity contribution in [2.45, 2.75) is 0 Å². The summed E-state index contributed by atoms with van der Waals surface area (Å²) in [6.07, 6.45) is 0. The smallest absolute Gasteiger partial charge is 1.00 e. The number of nitrogens with zero attached hydrogens (tertiary/aromatic N) is 1. The van der Waals surface area contributed by atoms with Crippen molar-refractivity contribution in [3.63, 3.8) is 0 Å². The van der Waals surface area contributed by atoms with E-state index >= 15 is 0 Å². The zero-order valence-electron chi connectivity index (χ0n) is 2.63. The first-order valence-corrected chi connectivity index (χ1v) is 1.63. The van der Waals surface area contributed by atoms with Crippen LogP contribution in [0.15, 0.2) is 0 Å². The molecule has 0 aliphatic carbocycles. The summed E-state index contributed by atoms with van der Waals surface area (Å²) >= 11 is 3.66. The van der Waals surface area contributed by atoms with Crippen molar-refractivity contribution in [3.8, 4) is 0 Å². The fourth-order valence-electron chi connectivity index (χ4n) is 0. The van der Waals surface area contributed by atoms with E-state index in [0.717, 1.165) is 0 Å². The summed E-state index contributed by atoms with van der Waals surface area (Å²) in [5.74, 6) is 0. The van der Waals surface area contributed by atoms with Gasteiger partial charge in [-0.3, -0.25) is 0 Å². The zero-order chi connectivity index (χ0) is 4.00. The molecule has 0 aliphatic rings. The molecule has 0 radical (unpaired) electrons. The van der Waals surface area contributed by atoms with Gasteiger partial charge in [-0.25, -0.2) is 0 Å². The Morgan fingerprint density at radius 3 is 1.40 bits per heavy atom. The average Bonchev–Trinajstić information content (AvgIpc) is 1.50. The van der Waals surface area contributed by atoms with Crippen molar-refractivity contribution in [3.05, 3.63) is 6.57 Å². The molecule has 0 rings (SSSR count). The number of hydrogen-bond donors (Lipinski definition) is 0. The molecule has 0 saturated heterocycles. The first kappa shape index (κ1) is 16.9. The van der Waals surface area contributed by atoms with Crippen LogP contribution in [0.5, 0.6) is 0 Å². The number of hydrogen-bond acceptors (Lipinski definition) is 1. The van der Waals surface area contributed by atoms with Gasteiger partial charge >= 0.3 is 44.1 Å². The Morgan fingerprint density at radius 1 is 1.40 bits per heavy atom. The molecular weight excluding hydrogens is 132 g/mol. The van der Waals surface area contributed by atoms with Crippen LogP contribution in [-0.2, 0) is 15.1 Å². The Morgan fingerprint density at radius 2 is 1.40 bits per heavy atom. The SMILES string of the molecule is [C-]#N.[Cl][Cu].[Li+]. The van der Waals surface area contributed by atoms with Gasteiger partial charge in [-0.1, -0.05) is 0 Å². The van der Waals surface area contributed by atoms with E-state index < -0.39 is 0 Å². The maximum Gasteiger partial charge on any atom is 1.00 e. The van der Waals surface area contributed by atoms with Crippen LogP contribution in [0.3, 0.4) is 0 Å². The molecule has 0 saturated carbocycles. The minimum Gasteiger partial charge on any atom is 1.00 e. The van der Waals surface area contributed by atoms with Crippen molar-refractivity contribution in [1.29, 1.82) is 5.26 Å². The predicted octanol–water partition coefficient (Wildman–Crippen LogP) is -2.21. The summed E-state index contributed by atoms with van der Waals surface area (Å²) in [4.78, 5) is 0. The molecule has 0 unspecified atom stereocenters. The summed E-state index contributed by atoms with van der Waals surface area (Å²) in [5, 5.41) is 6.25. The van der Waals surface area contributed by atoms with Gasteiger partial charge in [0.15, 0.2) is 0 Å². The largest absolute Gasteiger partial charge is 1.00 e. The Hall–Kier alpha value is 0.897. The quantitative estimate of drug-likeness (QED) is 0.270. The summed E-state index contributed by atoms with van der Waals surface area (Å²) in [5.41, 5.74) is 0. The molecule has 1 nitrogen and oxygen atoms in total. The molecule has 4 heteroatoms. The van der Waals surface area contributed by atoms with E-state index in [2.05, 4.69) is 25.2 Å². The van der Waals surface area contributed by atoms with Gasteiger partial charge in [0.1, 0.15) is 0 Å². The van der Waals surface area contributed by atoms with E-state index in [1.54, 1.807) is 0 Å². The second-order valence-electron chi connectivity index (χ2n) is 0. The van der Waals surface area contributed by atoms with Crippen molar-refractivity contribution in [1.82, 2.24) is 0 Å². The van der Waals surface area contributed by atoms with Crippen LogP contribution in [-0.4, -0.2) is 0 Å². The van der Waals surface area contributed by atoms with Crippen LogP contribution in [0, 0.1) is 11.8 Å². The van der Waals surface area contributed by atoms with E-state index in [0.29, 0.717) is 0 Å². The van der Waals surface area contributed by atoms with E-state index in [4.69, 9.17) is 11.8 Å². The van der Waals surface area contributed by atoms with Crippen LogP contribution in [0.25, 0.3) is 0 Å². The van der Waals surface area contributed by atoms with E-state index in [-0.39, 0.29) is 18.9 Å². The van der Waals surface area contributed by atoms with Crippen molar-refractivity contribution >= 4 is 10.1 Å². The third-order valence-corrected chi connectivity index (χ3v) is 0. The molecule has 0 atom stereocenters. The van der Waals surface area contributed by atoms with Gasteiger partial charge in [-0.2, -0.15) is 0 Å². The molecule has 0 aromatic carbocycles. The fourth-order valence-corrected chi connectivity index (χ4v) is 0. The maximum absolute atomic E-state index is 6.25. The van der Waals surface area contributed by atoms with Gasteiger partial charge in [0.25, 0.3) is 0 Å². The summed E-state index contributed by atoms with van der Waals surface area (Å²) < 4.78 is 0. The molecule has 0 N–H and O–H groups in total. The molecule has 0 aliphatic heterocycles. The Labute approximate surface area is 55.9 Å². The third-order valence-electron chi connectivity index (χ3n) is 0. The van der Waals surface area contributed by atoms with Gasteiger partial charge in [0.2, 0.25) is 0 Å². The predicted molar refractivity (Wildman–Crippen MR) is 10.8 cm³/mol. The van der Waals surface area contributed by atoms with Crippen LogP contribution in [0.2, 0.25) is 0 Å². The van der Waals surface area contributed by atoms with Gasteiger partial charge in [0.05, 0.1) is 0 Å². The minimum absolute atomic E-state index is 0. The second kappa shape index (κ2) is 92.4. The van der Waals surface area contributed by atoms with Crippen molar-refractivity contribution in [2.24, 2.45) is 0 Å². The molecular formula is CClCuLiN. The second-order valence-corrected chi connectivity index (χ2v) is 0. The zero-order valence-corrected chi connectivity index (χ0v) is 4.32. The summed E-state index contributed by atoms with van der Waals surface area (Å²) in [6.45, 7) is 4.75. The maximum atomic E-state index is 6.25. The van der Waals surface area contributed by atoms with Gasteiger partial charge in [-0.05, 0) is 0 Å². The molecule has 0 fully saturated rings. The van der Waals surface area contributed by atoms with Crippen molar-refractivity contribution in [2.75, 3.05) is 0 Å². The van der Waals surface area contributed by atoms with Crippen LogP contribution in [0.1, 0.15) is 0 Å². The normalized spacial score (nSPS) is 1.80. The average molecular weight is 132 g/mol. The molecule has 0 aromatic rings. The monoisotopic (exact) mass is 131 g/mol. The van der Waals surface area contributed by atoms with E-state index in [1.165, 1.54) is 0 Å². The molecule has 0 aromatic heterocycles. The Bertz CT molecular complexity index is 16.4. The summed E-state index contributed by atoms with van der Waals surface area (Å²) in [7, 11) is 4.20. The molecule has 0 bridgehead atoms. The topological polar surface area (TPSA) is 23.8 Å². The Kier molecular flexibility index (Phi) is 312. The van der Waals surface area contributed by atoms with Crippen LogP contribution >= 0.6 is 10.1 Å².